The van der Waals surface area contributed by atoms with Crippen LogP contribution >= 0.6 is 11.6 Å². The fourth-order valence-corrected chi connectivity index (χ4v) is 6.79. The number of esters is 2. The summed E-state index contributed by atoms with van der Waals surface area (Å²) in [5.41, 5.74) is 0.190. The van der Waals surface area contributed by atoms with Gasteiger partial charge in [-0.15, -0.1) is 0 Å². The summed E-state index contributed by atoms with van der Waals surface area (Å²) in [7, 11) is 4.51. The molecule has 14 nitrogen and oxygen atoms in total. The van der Waals surface area contributed by atoms with Crippen molar-refractivity contribution >= 4 is 40.5 Å². The number of halogens is 1. The summed E-state index contributed by atoms with van der Waals surface area (Å²) in [6.45, 7) is 17.4. The first-order chi connectivity index (χ1) is 26.5. The molecule has 15 heteroatoms. The van der Waals surface area contributed by atoms with E-state index >= 15 is 0 Å². The lowest BCUT2D eigenvalue weighted by Crippen LogP contribution is -2.36. The van der Waals surface area contributed by atoms with E-state index in [1.54, 1.807) is 30.5 Å². The predicted molar refractivity (Wildman–Crippen MR) is 215 cm³/mol. The number of aryl methyl sites for hydroxylation is 1. The van der Waals surface area contributed by atoms with E-state index in [1.807, 2.05) is 46.2 Å². The molecule has 1 atom stereocenters. The van der Waals surface area contributed by atoms with Crippen LogP contribution < -0.4 is 19.5 Å². The topological polar surface area (TPSA) is 143 Å². The van der Waals surface area contributed by atoms with E-state index in [-0.39, 0.29) is 0 Å². The summed E-state index contributed by atoms with van der Waals surface area (Å²) in [4.78, 5) is 43.4. The van der Waals surface area contributed by atoms with Crippen LogP contribution in [0.1, 0.15) is 94.4 Å². The average Bonchev–Trinajstić information content (AvgIpc) is 3.40. The van der Waals surface area contributed by atoms with Crippen molar-refractivity contribution in [3.63, 3.8) is 0 Å². The monoisotopic (exact) mass is 801 g/mol. The molecule has 310 valence electrons. The first-order valence-electron chi connectivity index (χ1n) is 19.3. The Bertz CT molecular complexity index is 1760. The molecule has 0 saturated carbocycles. The molecule has 3 aromatic rings. The van der Waals surface area contributed by atoms with E-state index in [9.17, 15) is 14.4 Å². The summed E-state index contributed by atoms with van der Waals surface area (Å²) in [5.74, 6) is 0.161. The quantitative estimate of drug-likeness (QED) is 0.0854. The van der Waals surface area contributed by atoms with Crippen LogP contribution in [0.4, 0.5) is 4.79 Å². The first kappa shape index (κ1) is 44.4. The van der Waals surface area contributed by atoms with E-state index in [0.717, 1.165) is 63.0 Å². The number of hydrogen-bond donors (Lipinski definition) is 1. The number of benzene rings is 2. The molecular formula is C41H60ClN5O9. The molecule has 2 aromatic carbocycles. The SMILES string of the molecule is COc1cc(C(=O)OC(CCCn2ncc3c(Cl)cc(C(=O)OC(C)(C)C)cc32)CCN2CCCN(CCCNC(=O)OC(C)(C)C)CC2)cc(OC)c1OC. The Morgan fingerprint density at radius 2 is 1.39 bits per heavy atom. The Hall–Kier alpha value is -4.27. The van der Waals surface area contributed by atoms with Crippen LogP contribution in [0.2, 0.25) is 5.02 Å². The maximum Gasteiger partial charge on any atom is 0.407 e. The zero-order valence-electron chi connectivity index (χ0n) is 34.5. The fourth-order valence-electron chi connectivity index (χ4n) is 6.52. The van der Waals surface area contributed by atoms with Gasteiger partial charge in [0.25, 0.3) is 0 Å². The van der Waals surface area contributed by atoms with Crippen molar-refractivity contribution in [1.82, 2.24) is 24.9 Å². The van der Waals surface area contributed by atoms with Crippen LogP contribution in [0, 0.1) is 0 Å². The normalized spacial score (nSPS) is 14.8. The highest BCUT2D eigenvalue weighted by atomic mass is 35.5. The summed E-state index contributed by atoms with van der Waals surface area (Å²) in [6.07, 6.45) is 4.58. The van der Waals surface area contributed by atoms with Gasteiger partial charge in [-0.25, -0.2) is 14.4 Å². The molecule has 4 rings (SSSR count). The van der Waals surface area contributed by atoms with Crippen LogP contribution in [-0.2, 0) is 20.8 Å². The molecule has 0 radical (unpaired) electrons. The molecule has 1 N–H and O–H groups in total. The molecule has 0 aliphatic carbocycles. The number of fused-ring (bicyclic) bond motifs is 1. The second kappa shape index (κ2) is 20.2. The van der Waals surface area contributed by atoms with Gasteiger partial charge in [-0.2, -0.15) is 5.10 Å². The van der Waals surface area contributed by atoms with E-state index < -0.39 is 35.3 Å². The number of hydrogen-bond acceptors (Lipinski definition) is 12. The highest BCUT2D eigenvalue weighted by molar-refractivity contribution is 6.35. The van der Waals surface area contributed by atoms with Crippen LogP contribution in [0.5, 0.6) is 17.2 Å². The number of rotatable bonds is 17. The molecule has 1 fully saturated rings. The average molecular weight is 802 g/mol. The second-order valence-electron chi connectivity index (χ2n) is 16.0. The number of alkyl carbamates (subject to hydrolysis) is 1. The maximum absolute atomic E-state index is 13.7. The van der Waals surface area contributed by atoms with Crippen molar-refractivity contribution < 1.29 is 42.8 Å². The van der Waals surface area contributed by atoms with Crippen LogP contribution in [0.25, 0.3) is 10.9 Å². The molecule has 2 heterocycles. The largest absolute Gasteiger partial charge is 0.493 e. The van der Waals surface area contributed by atoms with Gasteiger partial charge in [0.05, 0.1) is 49.2 Å². The number of carbonyl (C=O) groups is 3. The summed E-state index contributed by atoms with van der Waals surface area (Å²) in [6, 6.07) is 6.54. The van der Waals surface area contributed by atoms with Crippen molar-refractivity contribution in [3.05, 3.63) is 46.6 Å². The van der Waals surface area contributed by atoms with Crippen molar-refractivity contribution in [3.8, 4) is 17.2 Å². The van der Waals surface area contributed by atoms with Gasteiger partial charge in [-0.3, -0.25) is 4.68 Å². The number of aromatic nitrogens is 2. The van der Waals surface area contributed by atoms with Gasteiger partial charge in [0.1, 0.15) is 17.3 Å². The number of nitrogens with one attached hydrogen (secondary N) is 1. The standard InChI is InChI=1S/C41H60ClN5O9/c1-40(2,3)55-38(49)28-23-32(42)31-27-44-47(33(31)24-28)19-10-13-30(54-37(48)29-25-34(51-7)36(53-9)35(26-29)52-8)14-20-46-18-12-17-45(21-22-46)16-11-15-43-39(50)56-41(4,5)6/h23-27,30H,10-22H2,1-9H3,(H,43,50). The Labute approximate surface area is 336 Å². The number of nitrogens with zero attached hydrogens (tertiary/aromatic N) is 4. The lowest BCUT2D eigenvalue weighted by atomic mass is 10.1. The van der Waals surface area contributed by atoms with Crippen LogP contribution in [0.15, 0.2) is 30.5 Å². The highest BCUT2D eigenvalue weighted by Gasteiger charge is 2.24. The molecule has 1 aromatic heterocycles. The predicted octanol–water partition coefficient (Wildman–Crippen LogP) is 6.99. The summed E-state index contributed by atoms with van der Waals surface area (Å²) >= 11 is 6.58. The van der Waals surface area contributed by atoms with Crippen molar-refractivity contribution in [2.24, 2.45) is 0 Å². The molecule has 1 unspecified atom stereocenters. The minimum Gasteiger partial charge on any atom is -0.493 e. The highest BCUT2D eigenvalue weighted by Crippen LogP contribution is 2.38. The number of carbonyl (C=O) groups excluding carboxylic acids is 3. The van der Waals surface area contributed by atoms with E-state index in [4.69, 9.17) is 40.0 Å². The fraction of sp³-hybridized carbons (Fsp3) is 0.610. The van der Waals surface area contributed by atoms with Crippen molar-refractivity contribution in [2.45, 2.75) is 97.5 Å². The number of ether oxygens (including phenoxy) is 6. The van der Waals surface area contributed by atoms with E-state index in [0.29, 0.717) is 65.8 Å². The Balaban J connectivity index is 1.41. The Morgan fingerprint density at radius 1 is 0.768 bits per heavy atom. The number of methoxy groups -OCH3 is 3. The molecule has 1 aliphatic rings. The molecule has 1 saturated heterocycles. The lowest BCUT2D eigenvalue weighted by Gasteiger charge is -2.25. The third kappa shape index (κ3) is 13.4. The minimum absolute atomic E-state index is 0.290. The van der Waals surface area contributed by atoms with Gasteiger partial charge in [-0.05, 0) is 118 Å². The Kier molecular flexibility index (Phi) is 16.1. The molecule has 0 spiro atoms. The van der Waals surface area contributed by atoms with Gasteiger partial charge in [0.2, 0.25) is 5.75 Å². The third-order valence-electron chi connectivity index (χ3n) is 9.18. The van der Waals surface area contributed by atoms with Crippen LogP contribution in [0.3, 0.4) is 0 Å². The summed E-state index contributed by atoms with van der Waals surface area (Å²) in [5, 5.41) is 8.56. The van der Waals surface area contributed by atoms with Crippen molar-refractivity contribution in [2.75, 3.05) is 67.1 Å². The van der Waals surface area contributed by atoms with E-state index in [2.05, 4.69) is 20.2 Å². The zero-order valence-corrected chi connectivity index (χ0v) is 35.3. The molecule has 0 bridgehead atoms. The first-order valence-corrected chi connectivity index (χ1v) is 19.7. The molecule has 1 aliphatic heterocycles. The summed E-state index contributed by atoms with van der Waals surface area (Å²) < 4.78 is 35.3. The van der Waals surface area contributed by atoms with Crippen molar-refractivity contribution in [1.29, 1.82) is 0 Å². The second-order valence-corrected chi connectivity index (χ2v) is 16.4. The smallest absolute Gasteiger partial charge is 0.407 e. The molecule has 56 heavy (non-hydrogen) atoms. The maximum atomic E-state index is 13.7. The number of amides is 1. The van der Waals surface area contributed by atoms with Crippen LogP contribution in [-0.4, -0.2) is 122 Å². The van der Waals surface area contributed by atoms with Gasteiger partial charge >= 0.3 is 18.0 Å². The van der Waals surface area contributed by atoms with Gasteiger partial charge in [-0.1, -0.05) is 11.6 Å². The van der Waals surface area contributed by atoms with Gasteiger partial charge in [0, 0.05) is 38.1 Å². The Morgan fingerprint density at radius 3 is 2.00 bits per heavy atom. The van der Waals surface area contributed by atoms with Gasteiger partial charge < -0.3 is 43.5 Å². The lowest BCUT2D eigenvalue weighted by molar-refractivity contribution is 0.00687. The molecular weight excluding hydrogens is 742 g/mol. The molecule has 1 amide bonds. The zero-order chi connectivity index (χ0) is 41.0. The third-order valence-corrected chi connectivity index (χ3v) is 9.50. The van der Waals surface area contributed by atoms with Gasteiger partial charge in [0.15, 0.2) is 11.5 Å². The minimum atomic E-state index is -0.651. The van der Waals surface area contributed by atoms with E-state index in [1.165, 1.54) is 21.3 Å².